The molecule has 3 N–H and O–H groups in total. The van der Waals surface area contributed by atoms with Crippen molar-refractivity contribution in [2.24, 2.45) is 10.7 Å². The van der Waals surface area contributed by atoms with E-state index >= 15 is 0 Å². The Bertz CT molecular complexity index is 566. The summed E-state index contributed by atoms with van der Waals surface area (Å²) in [6.45, 7) is 3.14. The van der Waals surface area contributed by atoms with Crippen LogP contribution in [0.3, 0.4) is 0 Å². The Hall–Kier alpha value is -1.40. The van der Waals surface area contributed by atoms with Crippen molar-refractivity contribution in [3.05, 3.63) is 24.3 Å². The molecule has 132 valence electrons. The van der Waals surface area contributed by atoms with E-state index in [2.05, 4.69) is 22.0 Å². The SMILES string of the molecule is COc1ccccc1NC(N)=NCC1(N2CCSCC2)CCCC1. The minimum Gasteiger partial charge on any atom is -0.495 e. The zero-order valence-corrected chi connectivity index (χ0v) is 15.3. The largest absolute Gasteiger partial charge is 0.495 e. The minimum atomic E-state index is 0.216. The highest BCUT2D eigenvalue weighted by Crippen LogP contribution is 2.37. The van der Waals surface area contributed by atoms with Crippen molar-refractivity contribution >= 4 is 23.4 Å². The maximum absolute atomic E-state index is 6.16. The van der Waals surface area contributed by atoms with Crippen molar-refractivity contribution in [3.8, 4) is 5.75 Å². The van der Waals surface area contributed by atoms with Crippen molar-refractivity contribution in [1.82, 2.24) is 4.90 Å². The summed E-state index contributed by atoms with van der Waals surface area (Å²) in [5, 5.41) is 3.19. The Balaban J connectivity index is 1.67. The van der Waals surface area contributed by atoms with Crippen molar-refractivity contribution in [2.75, 3.05) is 43.6 Å². The molecule has 0 amide bonds. The van der Waals surface area contributed by atoms with E-state index in [1.165, 1.54) is 50.3 Å². The van der Waals surface area contributed by atoms with E-state index in [1.54, 1.807) is 7.11 Å². The van der Waals surface area contributed by atoms with Crippen LogP contribution in [0.5, 0.6) is 5.75 Å². The summed E-state index contributed by atoms with van der Waals surface area (Å²) < 4.78 is 5.36. The van der Waals surface area contributed by atoms with Crippen molar-refractivity contribution in [2.45, 2.75) is 31.2 Å². The molecule has 24 heavy (non-hydrogen) atoms. The van der Waals surface area contributed by atoms with Gasteiger partial charge in [0.25, 0.3) is 0 Å². The van der Waals surface area contributed by atoms with Gasteiger partial charge in [0.05, 0.1) is 19.3 Å². The van der Waals surface area contributed by atoms with E-state index < -0.39 is 0 Å². The number of nitrogens with zero attached hydrogens (tertiary/aromatic N) is 2. The third-order valence-electron chi connectivity index (χ3n) is 5.13. The first-order chi connectivity index (χ1) is 11.7. The highest BCUT2D eigenvalue weighted by atomic mass is 32.2. The number of ether oxygens (including phenoxy) is 1. The van der Waals surface area contributed by atoms with Gasteiger partial charge in [0, 0.05) is 30.1 Å². The van der Waals surface area contributed by atoms with Crippen LogP contribution in [-0.4, -0.2) is 54.6 Å². The van der Waals surface area contributed by atoms with Gasteiger partial charge in [-0.2, -0.15) is 11.8 Å². The molecule has 1 heterocycles. The van der Waals surface area contributed by atoms with Gasteiger partial charge in [0.2, 0.25) is 0 Å². The van der Waals surface area contributed by atoms with Crippen LogP contribution < -0.4 is 15.8 Å². The number of hydrogen-bond acceptors (Lipinski definition) is 4. The molecule has 2 fully saturated rings. The normalized spacial score (nSPS) is 21.6. The Kier molecular flexibility index (Phi) is 5.89. The standard InChI is InChI=1S/C18H28N4OS/c1-23-16-7-3-2-6-15(16)21-17(19)20-14-18(8-4-5-9-18)22-10-12-24-13-11-22/h2-3,6-7H,4-5,8-14H2,1H3,(H3,19,20,21). The predicted octanol–water partition coefficient (Wildman–Crippen LogP) is 2.78. The molecule has 2 aliphatic rings. The summed E-state index contributed by atoms with van der Waals surface area (Å²) in [6.07, 6.45) is 5.09. The summed E-state index contributed by atoms with van der Waals surface area (Å²) in [7, 11) is 1.66. The molecule has 0 atom stereocenters. The summed E-state index contributed by atoms with van der Waals surface area (Å²) in [5.74, 6) is 3.72. The van der Waals surface area contributed by atoms with Crippen LogP contribution in [0.4, 0.5) is 5.69 Å². The molecular formula is C18H28N4OS. The molecule has 1 aromatic rings. The third-order valence-corrected chi connectivity index (χ3v) is 6.07. The van der Waals surface area contributed by atoms with Gasteiger partial charge in [0.15, 0.2) is 5.96 Å². The highest BCUT2D eigenvalue weighted by molar-refractivity contribution is 7.99. The second-order valence-corrected chi connectivity index (χ2v) is 7.78. The molecule has 0 aromatic heterocycles. The number of benzene rings is 1. The maximum Gasteiger partial charge on any atom is 0.193 e. The Morgan fingerprint density at radius 3 is 2.71 bits per heavy atom. The van der Waals surface area contributed by atoms with Crippen LogP contribution in [0.15, 0.2) is 29.3 Å². The smallest absolute Gasteiger partial charge is 0.193 e. The number of anilines is 1. The van der Waals surface area contributed by atoms with E-state index in [0.717, 1.165) is 18.0 Å². The maximum atomic E-state index is 6.16. The highest BCUT2D eigenvalue weighted by Gasteiger charge is 2.39. The summed E-state index contributed by atoms with van der Waals surface area (Å²) in [6, 6.07) is 7.77. The first kappa shape index (κ1) is 17.4. The zero-order chi connectivity index (χ0) is 16.8. The lowest BCUT2D eigenvalue weighted by Crippen LogP contribution is -2.52. The molecule has 0 bridgehead atoms. The first-order valence-electron chi connectivity index (χ1n) is 8.76. The molecule has 1 saturated heterocycles. The molecular weight excluding hydrogens is 320 g/mol. The number of guanidine groups is 1. The van der Waals surface area contributed by atoms with Gasteiger partial charge in [-0.3, -0.25) is 9.89 Å². The average Bonchev–Trinajstić information content (AvgIpc) is 3.11. The van der Waals surface area contributed by atoms with Crippen LogP contribution in [-0.2, 0) is 0 Å². The molecule has 1 aliphatic heterocycles. The Morgan fingerprint density at radius 1 is 1.29 bits per heavy atom. The molecule has 1 saturated carbocycles. The number of aliphatic imine (C=N–C) groups is 1. The Morgan fingerprint density at radius 2 is 2.00 bits per heavy atom. The number of methoxy groups -OCH3 is 1. The number of rotatable bonds is 5. The fraction of sp³-hybridized carbons (Fsp3) is 0.611. The molecule has 0 radical (unpaired) electrons. The minimum absolute atomic E-state index is 0.216. The monoisotopic (exact) mass is 348 g/mol. The van der Waals surface area contributed by atoms with Gasteiger partial charge in [-0.25, -0.2) is 0 Å². The van der Waals surface area contributed by atoms with Gasteiger partial charge in [-0.15, -0.1) is 0 Å². The molecule has 0 unspecified atom stereocenters. The van der Waals surface area contributed by atoms with Gasteiger partial charge in [-0.05, 0) is 25.0 Å². The second kappa shape index (κ2) is 8.12. The number of nitrogens with one attached hydrogen (secondary N) is 1. The number of hydrogen-bond donors (Lipinski definition) is 2. The molecule has 6 heteroatoms. The molecule has 5 nitrogen and oxygen atoms in total. The van der Waals surface area contributed by atoms with Crippen LogP contribution in [0.2, 0.25) is 0 Å². The quantitative estimate of drug-likeness (QED) is 0.633. The van der Waals surface area contributed by atoms with Crippen molar-refractivity contribution in [3.63, 3.8) is 0 Å². The van der Waals surface area contributed by atoms with E-state index in [1.807, 2.05) is 24.3 Å². The first-order valence-corrected chi connectivity index (χ1v) is 9.92. The molecule has 1 aromatic carbocycles. The lowest BCUT2D eigenvalue weighted by atomic mass is 9.95. The van der Waals surface area contributed by atoms with Gasteiger partial charge in [0.1, 0.15) is 5.75 Å². The fourth-order valence-electron chi connectivity index (χ4n) is 3.80. The van der Waals surface area contributed by atoms with Crippen LogP contribution in [0.1, 0.15) is 25.7 Å². The average molecular weight is 349 g/mol. The fourth-order valence-corrected chi connectivity index (χ4v) is 4.71. The van der Waals surface area contributed by atoms with E-state index in [9.17, 15) is 0 Å². The second-order valence-electron chi connectivity index (χ2n) is 6.56. The van der Waals surface area contributed by atoms with Crippen LogP contribution in [0.25, 0.3) is 0 Å². The summed E-state index contributed by atoms with van der Waals surface area (Å²) in [4.78, 5) is 7.37. The number of thioether (sulfide) groups is 1. The van der Waals surface area contributed by atoms with Gasteiger partial charge < -0.3 is 15.8 Å². The van der Waals surface area contributed by atoms with E-state index in [4.69, 9.17) is 15.5 Å². The third kappa shape index (κ3) is 3.98. The predicted molar refractivity (Wildman–Crippen MR) is 103 cm³/mol. The lowest BCUT2D eigenvalue weighted by Gasteiger charge is -2.42. The molecule has 3 rings (SSSR count). The van der Waals surface area contributed by atoms with E-state index in [0.29, 0.717) is 5.96 Å². The summed E-state index contributed by atoms with van der Waals surface area (Å²) in [5.41, 5.74) is 7.23. The Labute approximate surface area is 149 Å². The van der Waals surface area contributed by atoms with Gasteiger partial charge in [-0.1, -0.05) is 25.0 Å². The topological polar surface area (TPSA) is 62.9 Å². The van der Waals surface area contributed by atoms with Crippen molar-refractivity contribution < 1.29 is 4.74 Å². The van der Waals surface area contributed by atoms with Crippen LogP contribution >= 0.6 is 11.8 Å². The molecule has 0 spiro atoms. The van der Waals surface area contributed by atoms with Gasteiger partial charge >= 0.3 is 0 Å². The summed E-state index contributed by atoms with van der Waals surface area (Å²) >= 11 is 2.06. The van der Waals surface area contributed by atoms with Crippen LogP contribution in [0, 0.1) is 0 Å². The van der Waals surface area contributed by atoms with E-state index in [-0.39, 0.29) is 5.54 Å². The lowest BCUT2D eigenvalue weighted by molar-refractivity contribution is 0.112. The molecule has 1 aliphatic carbocycles. The zero-order valence-electron chi connectivity index (χ0n) is 14.5. The number of para-hydroxylation sites is 2. The number of nitrogens with two attached hydrogens (primary N) is 1. The van der Waals surface area contributed by atoms with Crippen molar-refractivity contribution in [1.29, 1.82) is 0 Å².